The van der Waals surface area contributed by atoms with E-state index in [1.54, 1.807) is 7.11 Å². The Hall–Kier alpha value is -2.04. The SMILES string of the molecule is COc1ccccc1C1(C(=O)N2C[C@@H]3CCC[C@@]3(C(=O)O)C2)CC1. The topological polar surface area (TPSA) is 66.8 Å². The van der Waals surface area contributed by atoms with E-state index in [9.17, 15) is 14.7 Å². The molecule has 3 fully saturated rings. The molecule has 0 bridgehead atoms. The van der Waals surface area contributed by atoms with Crippen molar-refractivity contribution in [1.29, 1.82) is 0 Å². The lowest BCUT2D eigenvalue weighted by Crippen LogP contribution is -2.41. The summed E-state index contributed by atoms with van der Waals surface area (Å²) >= 11 is 0. The van der Waals surface area contributed by atoms with E-state index in [2.05, 4.69) is 0 Å². The van der Waals surface area contributed by atoms with Gasteiger partial charge in [-0.3, -0.25) is 9.59 Å². The van der Waals surface area contributed by atoms with Crippen LogP contribution in [0.1, 0.15) is 37.7 Å². The van der Waals surface area contributed by atoms with Crippen molar-refractivity contribution in [2.75, 3.05) is 20.2 Å². The summed E-state index contributed by atoms with van der Waals surface area (Å²) < 4.78 is 5.45. The molecule has 5 heteroatoms. The van der Waals surface area contributed by atoms with E-state index in [-0.39, 0.29) is 11.8 Å². The maximum absolute atomic E-state index is 13.3. The van der Waals surface area contributed by atoms with Crippen molar-refractivity contribution in [3.05, 3.63) is 29.8 Å². The third-order valence-electron chi connectivity index (χ3n) is 6.37. The van der Waals surface area contributed by atoms with Crippen molar-refractivity contribution >= 4 is 11.9 Å². The maximum Gasteiger partial charge on any atom is 0.311 e. The minimum Gasteiger partial charge on any atom is -0.496 e. The molecule has 1 aromatic rings. The van der Waals surface area contributed by atoms with Crippen molar-refractivity contribution in [2.24, 2.45) is 11.3 Å². The third-order valence-corrected chi connectivity index (χ3v) is 6.37. The van der Waals surface area contributed by atoms with E-state index < -0.39 is 16.8 Å². The summed E-state index contributed by atoms with van der Waals surface area (Å²) in [5, 5.41) is 9.73. The number of rotatable bonds is 4. The van der Waals surface area contributed by atoms with Gasteiger partial charge < -0.3 is 14.7 Å². The second-order valence-electron chi connectivity index (χ2n) is 7.52. The van der Waals surface area contributed by atoms with Crippen molar-refractivity contribution < 1.29 is 19.4 Å². The first-order valence-electron chi connectivity index (χ1n) is 8.70. The Morgan fingerprint density at radius 3 is 2.62 bits per heavy atom. The summed E-state index contributed by atoms with van der Waals surface area (Å²) in [6, 6.07) is 7.69. The second kappa shape index (κ2) is 5.23. The van der Waals surface area contributed by atoms with Gasteiger partial charge in [0.1, 0.15) is 5.75 Å². The van der Waals surface area contributed by atoms with Crippen LogP contribution in [0.5, 0.6) is 5.75 Å². The predicted molar refractivity (Wildman–Crippen MR) is 87.9 cm³/mol. The zero-order valence-corrected chi connectivity index (χ0v) is 14.0. The van der Waals surface area contributed by atoms with Gasteiger partial charge in [0.15, 0.2) is 0 Å². The molecule has 0 aromatic heterocycles. The Balaban J connectivity index is 1.62. The van der Waals surface area contributed by atoms with Crippen LogP contribution in [-0.4, -0.2) is 42.1 Å². The van der Waals surface area contributed by atoms with Crippen LogP contribution in [0.25, 0.3) is 0 Å². The number of fused-ring (bicyclic) bond motifs is 1. The Morgan fingerprint density at radius 2 is 2.00 bits per heavy atom. The average molecular weight is 329 g/mol. The molecule has 128 valence electrons. The first-order valence-corrected chi connectivity index (χ1v) is 8.70. The van der Waals surface area contributed by atoms with Crippen LogP contribution in [0.2, 0.25) is 0 Å². The largest absolute Gasteiger partial charge is 0.496 e. The molecule has 1 amide bonds. The van der Waals surface area contributed by atoms with E-state index in [4.69, 9.17) is 4.74 Å². The summed E-state index contributed by atoms with van der Waals surface area (Å²) in [5.41, 5.74) is -0.281. The molecule has 1 N–H and O–H groups in total. The number of nitrogens with zero attached hydrogens (tertiary/aromatic N) is 1. The molecular weight excluding hydrogens is 306 g/mol. The summed E-state index contributed by atoms with van der Waals surface area (Å²) in [7, 11) is 1.62. The van der Waals surface area contributed by atoms with Crippen LogP contribution < -0.4 is 4.74 Å². The number of hydrogen-bond donors (Lipinski definition) is 1. The zero-order valence-electron chi connectivity index (χ0n) is 14.0. The molecule has 5 nitrogen and oxygen atoms in total. The highest BCUT2D eigenvalue weighted by Gasteiger charge is 2.61. The molecule has 4 rings (SSSR count). The first-order chi connectivity index (χ1) is 11.5. The lowest BCUT2D eigenvalue weighted by Gasteiger charge is -2.27. The molecule has 1 aliphatic heterocycles. The summed E-state index contributed by atoms with van der Waals surface area (Å²) in [5.74, 6) is 0.201. The minimum absolute atomic E-state index is 0.0852. The molecule has 1 saturated heterocycles. The van der Waals surface area contributed by atoms with Gasteiger partial charge in [-0.2, -0.15) is 0 Å². The van der Waals surface area contributed by atoms with Gasteiger partial charge in [-0.25, -0.2) is 0 Å². The molecule has 0 spiro atoms. The van der Waals surface area contributed by atoms with Gasteiger partial charge in [-0.15, -0.1) is 0 Å². The van der Waals surface area contributed by atoms with Crippen LogP contribution in [0.15, 0.2) is 24.3 Å². The summed E-state index contributed by atoms with van der Waals surface area (Å²) in [6.45, 7) is 0.949. The van der Waals surface area contributed by atoms with Crippen LogP contribution in [0, 0.1) is 11.3 Å². The molecule has 3 aliphatic rings. The number of hydrogen-bond acceptors (Lipinski definition) is 3. The molecule has 1 heterocycles. The van der Waals surface area contributed by atoms with Gasteiger partial charge in [0.25, 0.3) is 0 Å². The van der Waals surface area contributed by atoms with Gasteiger partial charge in [-0.1, -0.05) is 24.6 Å². The molecule has 2 saturated carbocycles. The molecule has 2 aliphatic carbocycles. The summed E-state index contributed by atoms with van der Waals surface area (Å²) in [4.78, 5) is 26.9. The number of ether oxygens (including phenoxy) is 1. The Kier molecular flexibility index (Phi) is 3.37. The van der Waals surface area contributed by atoms with Crippen LogP contribution in [0.3, 0.4) is 0 Å². The molecule has 2 atom stereocenters. The monoisotopic (exact) mass is 329 g/mol. The second-order valence-corrected chi connectivity index (χ2v) is 7.52. The highest BCUT2D eigenvalue weighted by atomic mass is 16.5. The average Bonchev–Trinajstić information content (AvgIpc) is 3.15. The first kappa shape index (κ1) is 15.5. The Morgan fingerprint density at radius 1 is 1.25 bits per heavy atom. The van der Waals surface area contributed by atoms with Crippen LogP contribution in [0.4, 0.5) is 0 Å². The van der Waals surface area contributed by atoms with E-state index in [1.165, 1.54) is 0 Å². The molecule has 0 unspecified atom stereocenters. The third kappa shape index (κ3) is 2.00. The fourth-order valence-corrected chi connectivity index (χ4v) is 4.86. The van der Waals surface area contributed by atoms with Crippen molar-refractivity contribution in [1.82, 2.24) is 4.90 Å². The Labute approximate surface area is 141 Å². The van der Waals surface area contributed by atoms with Gasteiger partial charge in [-0.05, 0) is 37.7 Å². The fraction of sp³-hybridized carbons (Fsp3) is 0.579. The van der Waals surface area contributed by atoms with E-state index >= 15 is 0 Å². The van der Waals surface area contributed by atoms with Gasteiger partial charge in [0.2, 0.25) is 5.91 Å². The van der Waals surface area contributed by atoms with Crippen LogP contribution in [-0.2, 0) is 15.0 Å². The summed E-state index contributed by atoms with van der Waals surface area (Å²) in [6.07, 6.45) is 4.19. The van der Waals surface area contributed by atoms with Crippen molar-refractivity contribution in [2.45, 2.75) is 37.5 Å². The molecular formula is C19H23NO4. The maximum atomic E-state index is 13.3. The van der Waals surface area contributed by atoms with Gasteiger partial charge in [0.05, 0.1) is 17.9 Å². The number of para-hydroxylation sites is 1. The number of carboxylic acid groups (broad SMARTS) is 1. The van der Waals surface area contributed by atoms with Crippen molar-refractivity contribution in [3.8, 4) is 5.75 Å². The number of aliphatic carboxylic acids is 1. The standard InChI is InChI=1S/C19H23NO4/c1-24-15-7-3-2-6-14(15)18(9-10-18)16(21)20-11-13-5-4-8-19(13,12-20)17(22)23/h2-3,6-7,13H,4-5,8-12H2,1H3,(H,22,23)/t13-,19+/m0/s1. The lowest BCUT2D eigenvalue weighted by atomic mass is 9.81. The quantitative estimate of drug-likeness (QED) is 0.921. The Bertz CT molecular complexity index is 696. The lowest BCUT2D eigenvalue weighted by molar-refractivity contribution is -0.149. The number of likely N-dealkylation sites (tertiary alicyclic amines) is 1. The number of carboxylic acids is 1. The zero-order chi connectivity index (χ0) is 16.9. The van der Waals surface area contributed by atoms with E-state index in [1.807, 2.05) is 29.2 Å². The van der Waals surface area contributed by atoms with E-state index in [0.29, 0.717) is 19.5 Å². The normalized spacial score (nSPS) is 30.0. The highest BCUT2D eigenvalue weighted by molar-refractivity contribution is 5.93. The van der Waals surface area contributed by atoms with Gasteiger partial charge >= 0.3 is 5.97 Å². The molecule has 24 heavy (non-hydrogen) atoms. The smallest absolute Gasteiger partial charge is 0.311 e. The molecule has 0 radical (unpaired) electrons. The number of benzene rings is 1. The minimum atomic E-state index is -0.734. The van der Waals surface area contributed by atoms with Crippen LogP contribution >= 0.6 is 0 Å². The van der Waals surface area contributed by atoms with E-state index in [0.717, 1.165) is 37.0 Å². The molecule has 1 aromatic carbocycles. The fourth-order valence-electron chi connectivity index (χ4n) is 4.86. The predicted octanol–water partition coefficient (Wildman–Crippen LogP) is 2.44. The number of methoxy groups -OCH3 is 1. The number of carbonyl (C=O) groups is 2. The van der Waals surface area contributed by atoms with Gasteiger partial charge in [0, 0.05) is 18.7 Å². The van der Waals surface area contributed by atoms with Crippen molar-refractivity contribution in [3.63, 3.8) is 0 Å². The number of carbonyl (C=O) groups excluding carboxylic acids is 1. The highest BCUT2D eigenvalue weighted by Crippen LogP contribution is 2.55. The number of amides is 1.